The number of hydrogen-bond acceptors (Lipinski definition) is 7. The van der Waals surface area contributed by atoms with Crippen molar-refractivity contribution in [3.8, 4) is 11.5 Å². The van der Waals surface area contributed by atoms with Gasteiger partial charge in [0.05, 0.1) is 33.0 Å². The molecular formula is C33H38O6S. The van der Waals surface area contributed by atoms with Crippen LogP contribution in [0.2, 0.25) is 0 Å². The molecule has 0 saturated carbocycles. The standard InChI is InChI=1S/C33H38O6S/c1-36-32(34)14-9-23-40-31(25-27-15-18-28(19-16-27)33(35)37-2)20-17-26-10-8-13-30(24-26)39-22-7-6-21-38-29-11-4-3-5-12-29/h3-5,8,10-13,15-20,24,31H,6-7,9,14,21-23,25H2,1-2H3/b20-17-. The van der Waals surface area contributed by atoms with Gasteiger partial charge in [-0.3, -0.25) is 4.79 Å². The Hall–Kier alpha value is -3.71. The normalized spacial score (nSPS) is 11.7. The summed E-state index contributed by atoms with van der Waals surface area (Å²) in [4.78, 5) is 23.2. The lowest BCUT2D eigenvalue weighted by Crippen LogP contribution is -2.07. The van der Waals surface area contributed by atoms with Gasteiger partial charge in [-0.25, -0.2) is 4.79 Å². The van der Waals surface area contributed by atoms with Crippen molar-refractivity contribution in [3.63, 3.8) is 0 Å². The van der Waals surface area contributed by atoms with Crippen LogP contribution in [0.1, 0.15) is 47.2 Å². The van der Waals surface area contributed by atoms with Gasteiger partial charge in [0.15, 0.2) is 0 Å². The lowest BCUT2D eigenvalue weighted by atomic mass is 10.1. The molecule has 3 aromatic carbocycles. The van der Waals surface area contributed by atoms with Crippen molar-refractivity contribution in [1.82, 2.24) is 0 Å². The highest BCUT2D eigenvalue weighted by Crippen LogP contribution is 2.23. The van der Waals surface area contributed by atoms with E-state index in [1.807, 2.05) is 60.7 Å². The Morgan fingerprint density at radius 3 is 2.20 bits per heavy atom. The summed E-state index contributed by atoms with van der Waals surface area (Å²) in [6.07, 6.45) is 8.09. The Morgan fingerprint density at radius 1 is 0.800 bits per heavy atom. The lowest BCUT2D eigenvalue weighted by molar-refractivity contribution is -0.140. The van der Waals surface area contributed by atoms with Crippen LogP contribution in [0.3, 0.4) is 0 Å². The highest BCUT2D eigenvalue weighted by molar-refractivity contribution is 8.00. The van der Waals surface area contributed by atoms with E-state index < -0.39 is 0 Å². The maximum atomic E-state index is 11.8. The molecule has 1 atom stereocenters. The van der Waals surface area contributed by atoms with E-state index in [1.165, 1.54) is 14.2 Å². The summed E-state index contributed by atoms with van der Waals surface area (Å²) in [5.74, 6) is 2.03. The molecule has 0 saturated heterocycles. The third-order valence-electron chi connectivity index (χ3n) is 6.08. The van der Waals surface area contributed by atoms with Crippen LogP contribution < -0.4 is 9.47 Å². The van der Waals surface area contributed by atoms with Crippen LogP contribution in [0.25, 0.3) is 6.08 Å². The van der Waals surface area contributed by atoms with E-state index in [9.17, 15) is 9.59 Å². The molecule has 6 nitrogen and oxygen atoms in total. The fraction of sp³-hybridized carbons (Fsp3) is 0.333. The van der Waals surface area contributed by atoms with E-state index in [0.29, 0.717) is 25.2 Å². The summed E-state index contributed by atoms with van der Waals surface area (Å²) in [6, 6.07) is 25.4. The fourth-order valence-electron chi connectivity index (χ4n) is 3.89. The van der Waals surface area contributed by atoms with Crippen LogP contribution in [0, 0.1) is 0 Å². The largest absolute Gasteiger partial charge is 0.494 e. The molecule has 0 spiro atoms. The molecule has 212 valence electrons. The van der Waals surface area contributed by atoms with Gasteiger partial charge in [0.2, 0.25) is 0 Å². The van der Waals surface area contributed by atoms with E-state index in [1.54, 1.807) is 23.9 Å². The first-order chi connectivity index (χ1) is 19.6. The van der Waals surface area contributed by atoms with Crippen LogP contribution in [-0.4, -0.2) is 50.4 Å². The number of unbranched alkanes of at least 4 members (excludes halogenated alkanes) is 1. The van der Waals surface area contributed by atoms with Crippen molar-refractivity contribution in [2.45, 2.75) is 37.4 Å². The van der Waals surface area contributed by atoms with Gasteiger partial charge in [0, 0.05) is 11.7 Å². The summed E-state index contributed by atoms with van der Waals surface area (Å²) < 4.78 is 21.3. The Balaban J connectivity index is 1.52. The van der Waals surface area contributed by atoms with E-state index >= 15 is 0 Å². The van der Waals surface area contributed by atoms with Gasteiger partial charge in [-0.15, -0.1) is 0 Å². The second-order valence-electron chi connectivity index (χ2n) is 9.13. The predicted octanol–water partition coefficient (Wildman–Crippen LogP) is 7.02. The van der Waals surface area contributed by atoms with Crippen molar-refractivity contribution in [3.05, 3.63) is 102 Å². The zero-order chi connectivity index (χ0) is 28.4. The van der Waals surface area contributed by atoms with Crippen LogP contribution in [0.5, 0.6) is 11.5 Å². The third kappa shape index (κ3) is 11.6. The molecule has 0 fully saturated rings. The van der Waals surface area contributed by atoms with Gasteiger partial charge in [0.25, 0.3) is 0 Å². The van der Waals surface area contributed by atoms with Gasteiger partial charge in [-0.05, 0) is 79.0 Å². The third-order valence-corrected chi connectivity index (χ3v) is 7.35. The average molecular weight is 563 g/mol. The van der Waals surface area contributed by atoms with Crippen molar-refractivity contribution in [2.24, 2.45) is 0 Å². The smallest absolute Gasteiger partial charge is 0.337 e. The summed E-state index contributed by atoms with van der Waals surface area (Å²) in [5, 5.41) is 0.191. The van der Waals surface area contributed by atoms with E-state index in [0.717, 1.165) is 54.1 Å². The Kier molecular flexibility index (Phi) is 13.7. The highest BCUT2D eigenvalue weighted by Gasteiger charge is 2.10. The molecule has 0 amide bonds. The van der Waals surface area contributed by atoms with Gasteiger partial charge >= 0.3 is 11.9 Å². The molecule has 7 heteroatoms. The molecule has 1 unspecified atom stereocenters. The van der Waals surface area contributed by atoms with Crippen LogP contribution in [-0.2, 0) is 20.7 Å². The zero-order valence-corrected chi connectivity index (χ0v) is 24.1. The Bertz CT molecular complexity index is 1190. The topological polar surface area (TPSA) is 71.1 Å². The first-order valence-electron chi connectivity index (χ1n) is 13.5. The van der Waals surface area contributed by atoms with Crippen molar-refractivity contribution in [2.75, 3.05) is 33.2 Å². The number of esters is 2. The SMILES string of the molecule is COC(=O)CCCSC(/C=C\c1cccc(OCCCCOc2ccccc2)c1)Cc1ccc(C(=O)OC)cc1. The number of ether oxygens (including phenoxy) is 4. The minimum absolute atomic E-state index is 0.188. The first kappa shape index (κ1) is 30.8. The minimum atomic E-state index is -0.345. The monoisotopic (exact) mass is 562 g/mol. The number of hydrogen-bond donors (Lipinski definition) is 0. The van der Waals surface area contributed by atoms with Crippen LogP contribution in [0.4, 0.5) is 0 Å². The second-order valence-corrected chi connectivity index (χ2v) is 10.5. The van der Waals surface area contributed by atoms with Crippen molar-refractivity contribution >= 4 is 29.8 Å². The average Bonchev–Trinajstić information content (AvgIpc) is 3.00. The van der Waals surface area contributed by atoms with Gasteiger partial charge in [-0.2, -0.15) is 11.8 Å². The number of benzene rings is 3. The molecule has 0 aliphatic carbocycles. The summed E-state index contributed by atoms with van der Waals surface area (Å²) in [7, 11) is 2.79. The fourth-order valence-corrected chi connectivity index (χ4v) is 5.00. The highest BCUT2D eigenvalue weighted by atomic mass is 32.2. The molecule has 0 aromatic heterocycles. The van der Waals surface area contributed by atoms with Crippen molar-refractivity contribution < 1.29 is 28.5 Å². The molecule has 0 heterocycles. The van der Waals surface area contributed by atoms with Gasteiger partial charge in [-0.1, -0.05) is 54.6 Å². The Morgan fingerprint density at radius 2 is 1.50 bits per heavy atom. The maximum Gasteiger partial charge on any atom is 0.337 e. The van der Waals surface area contributed by atoms with Gasteiger partial charge in [0.1, 0.15) is 11.5 Å². The molecule has 40 heavy (non-hydrogen) atoms. The molecule has 0 aliphatic rings. The first-order valence-corrected chi connectivity index (χ1v) is 14.6. The number of methoxy groups -OCH3 is 2. The van der Waals surface area contributed by atoms with E-state index in [2.05, 4.69) is 18.2 Å². The summed E-state index contributed by atoms with van der Waals surface area (Å²) in [5.41, 5.74) is 2.71. The number of rotatable bonds is 17. The number of thioether (sulfide) groups is 1. The number of carbonyl (C=O) groups is 2. The molecule has 3 aromatic rings. The number of carbonyl (C=O) groups excluding carboxylic acids is 2. The Labute approximate surface area is 241 Å². The molecule has 0 N–H and O–H groups in total. The molecule has 0 radical (unpaired) electrons. The number of para-hydroxylation sites is 1. The zero-order valence-electron chi connectivity index (χ0n) is 23.3. The second kappa shape index (κ2) is 17.8. The minimum Gasteiger partial charge on any atom is -0.494 e. The quantitative estimate of drug-likeness (QED) is 0.129. The predicted molar refractivity (Wildman–Crippen MR) is 161 cm³/mol. The summed E-state index contributed by atoms with van der Waals surface area (Å²) >= 11 is 1.80. The molecule has 3 rings (SSSR count). The van der Waals surface area contributed by atoms with Crippen LogP contribution in [0.15, 0.2) is 84.9 Å². The molecular weight excluding hydrogens is 524 g/mol. The van der Waals surface area contributed by atoms with E-state index in [-0.39, 0.29) is 17.2 Å². The lowest BCUT2D eigenvalue weighted by Gasteiger charge is -2.13. The van der Waals surface area contributed by atoms with Gasteiger partial charge < -0.3 is 18.9 Å². The summed E-state index contributed by atoms with van der Waals surface area (Å²) in [6.45, 7) is 1.30. The molecule has 0 bridgehead atoms. The maximum absolute atomic E-state index is 11.8. The van der Waals surface area contributed by atoms with Crippen LogP contribution >= 0.6 is 11.8 Å². The van der Waals surface area contributed by atoms with Crippen molar-refractivity contribution in [1.29, 1.82) is 0 Å². The molecule has 0 aliphatic heterocycles. The van der Waals surface area contributed by atoms with E-state index in [4.69, 9.17) is 18.9 Å².